The third kappa shape index (κ3) is 5.70. The Balaban J connectivity index is 2.62. The molecule has 0 fully saturated rings. The standard InChI is InChI=1S/C14H19N3O4/c1-4-21-13(19)12(18)6-5-11-9-15-14(16-10-11)17(2)7-8-20-3/h5-6,9-10H,4,7-8H2,1-3H3/b6-5+. The Bertz CT molecular complexity index is 499. The maximum atomic E-state index is 11.4. The van der Waals surface area contributed by atoms with Gasteiger partial charge in [-0.15, -0.1) is 0 Å². The summed E-state index contributed by atoms with van der Waals surface area (Å²) in [7, 11) is 3.48. The molecule has 21 heavy (non-hydrogen) atoms. The van der Waals surface area contributed by atoms with Gasteiger partial charge in [0.05, 0.1) is 13.2 Å². The van der Waals surface area contributed by atoms with Crippen molar-refractivity contribution >= 4 is 23.8 Å². The monoisotopic (exact) mass is 293 g/mol. The molecule has 0 N–H and O–H groups in total. The summed E-state index contributed by atoms with van der Waals surface area (Å²) in [6, 6.07) is 0. The number of carbonyl (C=O) groups is 2. The molecule has 0 aromatic carbocycles. The summed E-state index contributed by atoms with van der Waals surface area (Å²) >= 11 is 0. The van der Waals surface area contributed by atoms with Crippen LogP contribution >= 0.6 is 0 Å². The van der Waals surface area contributed by atoms with Gasteiger partial charge in [-0.25, -0.2) is 14.8 Å². The number of hydrogen-bond donors (Lipinski definition) is 0. The van der Waals surface area contributed by atoms with Gasteiger partial charge in [0, 0.05) is 38.7 Å². The normalized spacial score (nSPS) is 10.6. The van der Waals surface area contributed by atoms with Crippen LogP contribution in [0.1, 0.15) is 12.5 Å². The Hall–Kier alpha value is -2.28. The van der Waals surface area contributed by atoms with E-state index in [0.717, 1.165) is 6.08 Å². The molecule has 1 heterocycles. The molecule has 1 rings (SSSR count). The number of anilines is 1. The fraction of sp³-hybridized carbons (Fsp3) is 0.429. The highest BCUT2D eigenvalue weighted by Crippen LogP contribution is 2.06. The molecule has 1 aromatic heterocycles. The smallest absolute Gasteiger partial charge is 0.379 e. The van der Waals surface area contributed by atoms with Crippen LogP contribution in [0.2, 0.25) is 0 Å². The van der Waals surface area contributed by atoms with Gasteiger partial charge in [0.15, 0.2) is 0 Å². The predicted octanol–water partition coefficient (Wildman–Crippen LogP) is 0.705. The van der Waals surface area contributed by atoms with Gasteiger partial charge in [-0.05, 0) is 19.1 Å². The summed E-state index contributed by atoms with van der Waals surface area (Å²) in [5, 5.41) is 0. The zero-order valence-electron chi connectivity index (χ0n) is 12.4. The lowest BCUT2D eigenvalue weighted by Crippen LogP contribution is -2.23. The molecule has 1 aromatic rings. The highest BCUT2D eigenvalue weighted by molar-refractivity contribution is 6.39. The van der Waals surface area contributed by atoms with E-state index in [1.54, 1.807) is 26.4 Å². The first-order valence-electron chi connectivity index (χ1n) is 6.49. The topological polar surface area (TPSA) is 81.6 Å². The van der Waals surface area contributed by atoms with Crippen LogP contribution in [0.15, 0.2) is 18.5 Å². The van der Waals surface area contributed by atoms with Crippen LogP contribution in [0.5, 0.6) is 0 Å². The number of rotatable bonds is 8. The summed E-state index contributed by atoms with van der Waals surface area (Å²) in [5.74, 6) is -1.02. The van der Waals surface area contributed by atoms with Crippen molar-refractivity contribution in [2.24, 2.45) is 0 Å². The van der Waals surface area contributed by atoms with E-state index in [0.29, 0.717) is 24.7 Å². The minimum Gasteiger partial charge on any atom is -0.460 e. The number of hydrogen-bond acceptors (Lipinski definition) is 7. The number of ketones is 1. The number of likely N-dealkylation sites (N-methyl/N-ethyl adjacent to an activating group) is 1. The first kappa shape index (κ1) is 16.8. The second-order valence-electron chi connectivity index (χ2n) is 4.15. The number of esters is 1. The molecule has 0 amide bonds. The lowest BCUT2D eigenvalue weighted by molar-refractivity contribution is -0.151. The Morgan fingerprint density at radius 1 is 1.33 bits per heavy atom. The molecule has 0 aliphatic carbocycles. The Morgan fingerprint density at radius 2 is 2.00 bits per heavy atom. The van der Waals surface area contributed by atoms with Gasteiger partial charge < -0.3 is 14.4 Å². The van der Waals surface area contributed by atoms with Crippen LogP contribution in [0.25, 0.3) is 6.08 Å². The summed E-state index contributed by atoms with van der Waals surface area (Å²) in [5.41, 5.74) is 0.622. The average Bonchev–Trinajstić information content (AvgIpc) is 2.51. The fourth-order valence-corrected chi connectivity index (χ4v) is 1.38. The van der Waals surface area contributed by atoms with E-state index in [9.17, 15) is 9.59 Å². The van der Waals surface area contributed by atoms with Crippen LogP contribution in [-0.4, -0.2) is 55.6 Å². The largest absolute Gasteiger partial charge is 0.460 e. The number of carbonyl (C=O) groups excluding carboxylic acids is 2. The first-order valence-corrected chi connectivity index (χ1v) is 6.49. The molecule has 114 valence electrons. The maximum absolute atomic E-state index is 11.4. The van der Waals surface area contributed by atoms with E-state index in [2.05, 4.69) is 14.7 Å². The summed E-state index contributed by atoms with van der Waals surface area (Å²) < 4.78 is 9.57. The number of methoxy groups -OCH3 is 1. The Morgan fingerprint density at radius 3 is 2.57 bits per heavy atom. The van der Waals surface area contributed by atoms with Crippen molar-refractivity contribution in [3.63, 3.8) is 0 Å². The molecule has 0 spiro atoms. The summed E-state index contributed by atoms with van der Waals surface area (Å²) in [6.45, 7) is 3.06. The highest BCUT2D eigenvalue weighted by atomic mass is 16.5. The first-order chi connectivity index (χ1) is 10.1. The van der Waals surface area contributed by atoms with E-state index < -0.39 is 11.8 Å². The molecule has 0 atom stereocenters. The van der Waals surface area contributed by atoms with Gasteiger partial charge >= 0.3 is 5.97 Å². The van der Waals surface area contributed by atoms with Gasteiger partial charge in [-0.2, -0.15) is 0 Å². The second-order valence-corrected chi connectivity index (χ2v) is 4.15. The minimum atomic E-state index is -0.870. The predicted molar refractivity (Wildman–Crippen MR) is 77.9 cm³/mol. The maximum Gasteiger partial charge on any atom is 0.379 e. The third-order valence-corrected chi connectivity index (χ3v) is 2.53. The number of aromatic nitrogens is 2. The average molecular weight is 293 g/mol. The molecule has 0 aliphatic rings. The third-order valence-electron chi connectivity index (χ3n) is 2.53. The van der Waals surface area contributed by atoms with Crippen molar-refractivity contribution in [3.05, 3.63) is 24.0 Å². The van der Waals surface area contributed by atoms with Gasteiger partial charge in [-0.3, -0.25) is 4.79 Å². The molecular formula is C14H19N3O4. The zero-order valence-corrected chi connectivity index (χ0v) is 12.4. The van der Waals surface area contributed by atoms with Gasteiger partial charge in [0.2, 0.25) is 5.95 Å². The fourth-order valence-electron chi connectivity index (χ4n) is 1.38. The van der Waals surface area contributed by atoms with Crippen molar-refractivity contribution in [3.8, 4) is 0 Å². The van der Waals surface area contributed by atoms with Crippen molar-refractivity contribution < 1.29 is 19.1 Å². The van der Waals surface area contributed by atoms with Crippen molar-refractivity contribution in [2.45, 2.75) is 6.92 Å². The van der Waals surface area contributed by atoms with Gasteiger partial charge in [-0.1, -0.05) is 0 Å². The lowest BCUT2D eigenvalue weighted by Gasteiger charge is -2.15. The van der Waals surface area contributed by atoms with E-state index in [-0.39, 0.29) is 6.61 Å². The van der Waals surface area contributed by atoms with E-state index in [1.165, 1.54) is 6.08 Å². The minimum absolute atomic E-state index is 0.171. The molecule has 0 radical (unpaired) electrons. The molecule has 7 nitrogen and oxygen atoms in total. The summed E-state index contributed by atoms with van der Waals surface area (Å²) in [4.78, 5) is 32.7. The van der Waals surface area contributed by atoms with Crippen LogP contribution in [0, 0.1) is 0 Å². The number of ether oxygens (including phenoxy) is 2. The van der Waals surface area contributed by atoms with Crippen molar-refractivity contribution in [2.75, 3.05) is 38.8 Å². The molecule has 7 heteroatoms. The molecule has 0 aliphatic heterocycles. The van der Waals surface area contributed by atoms with E-state index in [1.807, 2.05) is 11.9 Å². The van der Waals surface area contributed by atoms with E-state index >= 15 is 0 Å². The van der Waals surface area contributed by atoms with Gasteiger partial charge in [0.25, 0.3) is 5.78 Å². The highest BCUT2D eigenvalue weighted by Gasteiger charge is 2.10. The van der Waals surface area contributed by atoms with E-state index in [4.69, 9.17) is 4.74 Å². The van der Waals surface area contributed by atoms with Crippen molar-refractivity contribution in [1.29, 1.82) is 0 Å². The second kappa shape index (κ2) is 8.80. The van der Waals surface area contributed by atoms with Crippen molar-refractivity contribution in [1.82, 2.24) is 9.97 Å². The van der Waals surface area contributed by atoms with Gasteiger partial charge in [0.1, 0.15) is 0 Å². The van der Waals surface area contributed by atoms with Crippen LogP contribution in [0.4, 0.5) is 5.95 Å². The molecule has 0 unspecified atom stereocenters. The molecule has 0 bridgehead atoms. The SMILES string of the molecule is CCOC(=O)C(=O)/C=C/c1cnc(N(C)CCOC)nc1. The summed E-state index contributed by atoms with van der Waals surface area (Å²) in [6.07, 6.45) is 5.75. The molecule has 0 saturated carbocycles. The molecular weight excluding hydrogens is 274 g/mol. The molecule has 0 saturated heterocycles. The van der Waals surface area contributed by atoms with Crippen LogP contribution < -0.4 is 4.90 Å². The van der Waals surface area contributed by atoms with Crippen LogP contribution in [0.3, 0.4) is 0 Å². The Kier molecular flexibility index (Phi) is 7.03. The number of nitrogens with zero attached hydrogens (tertiary/aromatic N) is 3. The van der Waals surface area contributed by atoms with Crippen LogP contribution in [-0.2, 0) is 19.1 Å². The quantitative estimate of drug-likeness (QED) is 0.396. The lowest BCUT2D eigenvalue weighted by atomic mass is 10.2. The Labute approximate surface area is 123 Å². The zero-order chi connectivity index (χ0) is 15.7.